The third-order valence-corrected chi connectivity index (χ3v) is 3.44. The lowest BCUT2D eigenvalue weighted by molar-refractivity contribution is 0.357. The van der Waals surface area contributed by atoms with E-state index in [2.05, 4.69) is 29.8 Å². The summed E-state index contributed by atoms with van der Waals surface area (Å²) in [4.78, 5) is 7.05. The molecule has 2 N–H and O–H groups in total. The van der Waals surface area contributed by atoms with Crippen LogP contribution >= 0.6 is 12.2 Å². The molecule has 1 saturated heterocycles. The van der Waals surface area contributed by atoms with Gasteiger partial charge in [0.2, 0.25) is 0 Å². The molecule has 2 unspecified atom stereocenters. The maximum atomic E-state index is 5.54. The molecule has 1 aliphatic heterocycles. The van der Waals surface area contributed by atoms with Gasteiger partial charge in [-0.05, 0) is 30.4 Å². The lowest BCUT2D eigenvalue weighted by Crippen LogP contribution is -2.38. The second kappa shape index (κ2) is 5.00. The van der Waals surface area contributed by atoms with E-state index in [1.54, 1.807) is 0 Å². The number of thiocarbonyl (C=S) groups is 1. The Kier molecular flexibility index (Phi) is 3.62. The largest absolute Gasteiger partial charge is 0.388 e. The highest BCUT2D eigenvalue weighted by Gasteiger charge is 2.22. The van der Waals surface area contributed by atoms with E-state index >= 15 is 0 Å². The smallest absolute Gasteiger partial charge is 0.122 e. The average Bonchev–Trinajstić information content (AvgIpc) is 2.28. The van der Waals surface area contributed by atoms with Crippen molar-refractivity contribution in [3.63, 3.8) is 0 Å². The van der Waals surface area contributed by atoms with E-state index in [9.17, 15) is 0 Å². The molecule has 0 saturated carbocycles. The molecule has 0 spiro atoms. The quantitative estimate of drug-likeness (QED) is 0.816. The molecule has 4 heteroatoms. The van der Waals surface area contributed by atoms with Gasteiger partial charge in [0.1, 0.15) is 4.99 Å². The van der Waals surface area contributed by atoms with Crippen LogP contribution in [0, 0.1) is 11.8 Å². The Morgan fingerprint density at radius 3 is 2.47 bits per heavy atom. The zero-order valence-electron chi connectivity index (χ0n) is 10.4. The van der Waals surface area contributed by atoms with Gasteiger partial charge in [0.05, 0.1) is 17.6 Å². The van der Waals surface area contributed by atoms with E-state index in [0.29, 0.717) is 10.7 Å². The fraction of sp³-hybridized carbons (Fsp3) is 0.538. The molecule has 2 atom stereocenters. The van der Waals surface area contributed by atoms with Crippen molar-refractivity contribution >= 4 is 22.9 Å². The van der Waals surface area contributed by atoms with Crippen molar-refractivity contribution in [1.29, 1.82) is 0 Å². The molecule has 92 valence electrons. The van der Waals surface area contributed by atoms with Crippen LogP contribution in [0.1, 0.15) is 26.0 Å². The van der Waals surface area contributed by atoms with E-state index in [-0.39, 0.29) is 0 Å². The van der Waals surface area contributed by atoms with Crippen molar-refractivity contribution in [2.75, 3.05) is 18.0 Å². The average molecular weight is 249 g/mol. The van der Waals surface area contributed by atoms with Crippen LogP contribution in [0.15, 0.2) is 18.3 Å². The molecule has 1 fully saturated rings. The minimum absolute atomic E-state index is 0.358. The zero-order valence-corrected chi connectivity index (χ0v) is 11.2. The van der Waals surface area contributed by atoms with Crippen LogP contribution in [0.2, 0.25) is 0 Å². The predicted octanol–water partition coefficient (Wildman–Crippen LogP) is 2.20. The van der Waals surface area contributed by atoms with Crippen LogP contribution < -0.4 is 10.6 Å². The number of hydrogen-bond donors (Lipinski definition) is 1. The number of rotatable bonds is 2. The van der Waals surface area contributed by atoms with Crippen LogP contribution in [-0.2, 0) is 0 Å². The van der Waals surface area contributed by atoms with Crippen molar-refractivity contribution in [1.82, 2.24) is 4.98 Å². The second-order valence-electron chi connectivity index (χ2n) is 5.12. The van der Waals surface area contributed by atoms with Crippen molar-refractivity contribution in [2.45, 2.75) is 20.3 Å². The molecule has 0 aromatic carbocycles. The van der Waals surface area contributed by atoms with Crippen LogP contribution in [0.4, 0.5) is 5.69 Å². The standard InChI is InChI=1S/C13H19N3S/c1-9-5-10(2)8-16(7-9)11-3-4-12(13(14)17)15-6-11/h3-4,6,9-10H,5,7-8H2,1-2H3,(H2,14,17). The Morgan fingerprint density at radius 1 is 1.35 bits per heavy atom. The third-order valence-electron chi connectivity index (χ3n) is 3.23. The van der Waals surface area contributed by atoms with Gasteiger partial charge in [-0.3, -0.25) is 4.98 Å². The van der Waals surface area contributed by atoms with Crippen molar-refractivity contribution in [2.24, 2.45) is 17.6 Å². The van der Waals surface area contributed by atoms with Crippen molar-refractivity contribution < 1.29 is 0 Å². The summed E-state index contributed by atoms with van der Waals surface area (Å²) in [5.74, 6) is 1.49. The number of aromatic nitrogens is 1. The number of anilines is 1. The molecular weight excluding hydrogens is 230 g/mol. The summed E-state index contributed by atoms with van der Waals surface area (Å²) in [5.41, 5.74) is 7.41. The number of pyridine rings is 1. The predicted molar refractivity (Wildman–Crippen MR) is 75.3 cm³/mol. The van der Waals surface area contributed by atoms with Gasteiger partial charge in [-0.1, -0.05) is 26.1 Å². The summed E-state index contributed by atoms with van der Waals surface area (Å²) in [6.07, 6.45) is 3.19. The first-order valence-electron chi connectivity index (χ1n) is 6.07. The third kappa shape index (κ3) is 2.94. The van der Waals surface area contributed by atoms with E-state index < -0.39 is 0 Å². The molecule has 2 rings (SSSR count). The summed E-state index contributed by atoms with van der Waals surface area (Å²) in [6.45, 7) is 6.83. The molecule has 3 nitrogen and oxygen atoms in total. The SMILES string of the molecule is CC1CC(C)CN(c2ccc(C(N)=S)nc2)C1. The van der Waals surface area contributed by atoms with Gasteiger partial charge in [-0.25, -0.2) is 0 Å². The molecule has 0 bridgehead atoms. The van der Waals surface area contributed by atoms with Crippen LogP contribution in [0.3, 0.4) is 0 Å². The summed E-state index contributed by atoms with van der Waals surface area (Å²) < 4.78 is 0. The van der Waals surface area contributed by atoms with Gasteiger partial charge in [0, 0.05) is 13.1 Å². The highest BCUT2D eigenvalue weighted by molar-refractivity contribution is 7.80. The lowest BCUT2D eigenvalue weighted by Gasteiger charge is -2.36. The molecule has 1 aromatic rings. The normalized spacial score (nSPS) is 24.7. The minimum Gasteiger partial charge on any atom is -0.388 e. The van der Waals surface area contributed by atoms with Gasteiger partial charge in [-0.2, -0.15) is 0 Å². The van der Waals surface area contributed by atoms with E-state index in [4.69, 9.17) is 18.0 Å². The molecule has 17 heavy (non-hydrogen) atoms. The number of piperidine rings is 1. The fourth-order valence-electron chi connectivity index (χ4n) is 2.59. The molecule has 0 aliphatic carbocycles. The van der Waals surface area contributed by atoms with E-state index in [0.717, 1.165) is 24.9 Å². The Balaban J connectivity index is 2.14. The highest BCUT2D eigenvalue weighted by atomic mass is 32.1. The van der Waals surface area contributed by atoms with E-state index in [1.165, 1.54) is 12.1 Å². The second-order valence-corrected chi connectivity index (χ2v) is 5.56. The monoisotopic (exact) mass is 249 g/mol. The topological polar surface area (TPSA) is 42.1 Å². The van der Waals surface area contributed by atoms with Crippen molar-refractivity contribution in [3.05, 3.63) is 24.0 Å². The lowest BCUT2D eigenvalue weighted by atomic mass is 9.91. The van der Waals surface area contributed by atoms with Crippen LogP contribution in [0.25, 0.3) is 0 Å². The first kappa shape index (κ1) is 12.3. The van der Waals surface area contributed by atoms with E-state index in [1.807, 2.05) is 12.3 Å². The van der Waals surface area contributed by atoms with Crippen molar-refractivity contribution in [3.8, 4) is 0 Å². The Hall–Kier alpha value is -1.16. The number of nitrogens with zero attached hydrogens (tertiary/aromatic N) is 2. The maximum absolute atomic E-state index is 5.54. The highest BCUT2D eigenvalue weighted by Crippen LogP contribution is 2.25. The van der Waals surface area contributed by atoms with Gasteiger partial charge < -0.3 is 10.6 Å². The summed E-state index contributed by atoms with van der Waals surface area (Å²) in [7, 11) is 0. The summed E-state index contributed by atoms with van der Waals surface area (Å²) in [6, 6.07) is 3.97. The molecule has 0 amide bonds. The molecule has 1 aliphatic rings. The minimum atomic E-state index is 0.358. The Bertz CT molecular complexity index is 392. The van der Waals surface area contributed by atoms with Crippen LogP contribution in [0.5, 0.6) is 0 Å². The van der Waals surface area contributed by atoms with Gasteiger partial charge in [0.15, 0.2) is 0 Å². The first-order valence-corrected chi connectivity index (χ1v) is 6.48. The molecule has 0 radical (unpaired) electrons. The molecular formula is C13H19N3S. The fourth-order valence-corrected chi connectivity index (χ4v) is 2.71. The number of hydrogen-bond acceptors (Lipinski definition) is 3. The van der Waals surface area contributed by atoms with Gasteiger partial charge in [-0.15, -0.1) is 0 Å². The molecule has 1 aromatic heterocycles. The van der Waals surface area contributed by atoms with Gasteiger partial charge >= 0.3 is 0 Å². The first-order chi connectivity index (χ1) is 8.06. The van der Waals surface area contributed by atoms with Gasteiger partial charge in [0.25, 0.3) is 0 Å². The Labute approximate surface area is 108 Å². The zero-order chi connectivity index (χ0) is 12.4. The number of nitrogens with two attached hydrogens (primary N) is 1. The molecule has 2 heterocycles. The van der Waals surface area contributed by atoms with Crippen LogP contribution in [-0.4, -0.2) is 23.1 Å². The maximum Gasteiger partial charge on any atom is 0.122 e. The Morgan fingerprint density at radius 2 is 2.00 bits per heavy atom. The summed E-state index contributed by atoms with van der Waals surface area (Å²) >= 11 is 4.90. The summed E-state index contributed by atoms with van der Waals surface area (Å²) in [5, 5.41) is 0.